The minimum absolute atomic E-state index is 0.0506. The largest absolute Gasteiger partial charge is 0.406 e. The van der Waals surface area contributed by atoms with E-state index in [0.717, 1.165) is 4.90 Å². The van der Waals surface area contributed by atoms with Crippen molar-refractivity contribution in [3.63, 3.8) is 0 Å². The summed E-state index contributed by atoms with van der Waals surface area (Å²) in [5.74, 6) is -0.564. The van der Waals surface area contributed by atoms with Crippen LogP contribution < -0.4 is 5.32 Å². The molecule has 1 aromatic rings. The van der Waals surface area contributed by atoms with E-state index in [1.807, 2.05) is 20.8 Å². The highest BCUT2D eigenvalue weighted by molar-refractivity contribution is 5.78. The van der Waals surface area contributed by atoms with Crippen molar-refractivity contribution < 1.29 is 18.0 Å². The lowest BCUT2D eigenvalue weighted by Crippen LogP contribution is -2.47. The van der Waals surface area contributed by atoms with Crippen LogP contribution in [0.5, 0.6) is 0 Å². The molecule has 1 amide bonds. The molecular weight excluding hydrogens is 281 g/mol. The number of carbonyl (C=O) groups excluding carboxylic acids is 1. The fraction of sp³-hybridized carbons (Fsp3) is 0.533. The number of nitrogens with zero attached hydrogens (tertiary/aromatic N) is 1. The predicted molar refractivity (Wildman–Crippen MR) is 75.7 cm³/mol. The smallest absolute Gasteiger partial charge is 0.328 e. The molecular formula is C15H21F3N2O. The van der Waals surface area contributed by atoms with Crippen molar-refractivity contribution in [1.82, 2.24) is 10.2 Å². The molecule has 1 N–H and O–H groups in total. The molecule has 0 aliphatic rings. The minimum Gasteiger partial charge on any atom is -0.328 e. The van der Waals surface area contributed by atoms with Crippen molar-refractivity contribution in [2.75, 3.05) is 13.1 Å². The molecule has 0 heterocycles. The number of carbonyl (C=O) groups is 1. The Bertz CT molecular complexity index is 452. The van der Waals surface area contributed by atoms with Crippen LogP contribution in [0.1, 0.15) is 26.3 Å². The summed E-state index contributed by atoms with van der Waals surface area (Å²) in [6.07, 6.45) is -4.41. The van der Waals surface area contributed by atoms with Crippen molar-refractivity contribution in [2.24, 2.45) is 0 Å². The Labute approximate surface area is 123 Å². The van der Waals surface area contributed by atoms with Gasteiger partial charge < -0.3 is 10.2 Å². The number of amides is 1. The van der Waals surface area contributed by atoms with Crippen LogP contribution in [-0.4, -0.2) is 35.6 Å². The summed E-state index contributed by atoms with van der Waals surface area (Å²) in [6.45, 7) is 4.15. The first-order valence-corrected chi connectivity index (χ1v) is 6.70. The van der Waals surface area contributed by atoms with Crippen molar-refractivity contribution in [1.29, 1.82) is 0 Å². The molecule has 0 aromatic heterocycles. The number of alkyl halides is 3. The number of rotatable bonds is 5. The molecule has 0 aliphatic carbocycles. The van der Waals surface area contributed by atoms with E-state index in [1.165, 1.54) is 0 Å². The molecule has 118 valence electrons. The van der Waals surface area contributed by atoms with Gasteiger partial charge in [0.2, 0.25) is 5.91 Å². The second-order valence-corrected chi connectivity index (χ2v) is 5.95. The highest BCUT2D eigenvalue weighted by atomic mass is 19.4. The number of hydrogen-bond acceptors (Lipinski definition) is 2. The summed E-state index contributed by atoms with van der Waals surface area (Å²) < 4.78 is 37.9. The maximum atomic E-state index is 12.6. The first-order chi connectivity index (χ1) is 9.57. The van der Waals surface area contributed by atoms with Crippen LogP contribution in [0.3, 0.4) is 0 Å². The molecule has 0 radical (unpaired) electrons. The zero-order chi connectivity index (χ0) is 16.1. The van der Waals surface area contributed by atoms with Gasteiger partial charge in [-0.1, -0.05) is 30.3 Å². The second-order valence-electron chi connectivity index (χ2n) is 5.95. The van der Waals surface area contributed by atoms with Gasteiger partial charge in [-0.2, -0.15) is 13.2 Å². The van der Waals surface area contributed by atoms with Gasteiger partial charge in [0.15, 0.2) is 0 Å². The van der Waals surface area contributed by atoms with Gasteiger partial charge in [-0.15, -0.1) is 0 Å². The molecule has 0 aliphatic heterocycles. The molecule has 0 saturated heterocycles. The third-order valence-corrected chi connectivity index (χ3v) is 2.71. The van der Waals surface area contributed by atoms with Gasteiger partial charge in [0.05, 0.1) is 6.54 Å². The zero-order valence-electron chi connectivity index (χ0n) is 12.5. The van der Waals surface area contributed by atoms with Crippen molar-refractivity contribution in [2.45, 2.75) is 39.0 Å². The Kier molecular flexibility index (Phi) is 5.78. The summed E-state index contributed by atoms with van der Waals surface area (Å²) in [6, 6.07) is 8.65. The van der Waals surface area contributed by atoms with E-state index in [0.29, 0.717) is 5.56 Å². The van der Waals surface area contributed by atoms with Crippen LogP contribution in [0, 0.1) is 0 Å². The van der Waals surface area contributed by atoms with Gasteiger partial charge in [-0.05, 0) is 26.3 Å². The van der Waals surface area contributed by atoms with Gasteiger partial charge in [0, 0.05) is 12.1 Å². The van der Waals surface area contributed by atoms with Crippen LogP contribution in [0.15, 0.2) is 30.3 Å². The zero-order valence-corrected chi connectivity index (χ0v) is 12.5. The lowest BCUT2D eigenvalue weighted by atomic mass is 10.1. The van der Waals surface area contributed by atoms with Crippen molar-refractivity contribution >= 4 is 5.91 Å². The third-order valence-electron chi connectivity index (χ3n) is 2.71. The SMILES string of the molecule is CC(C)(C)NCC(=O)N(Cc1ccccc1)CC(F)(F)F. The Balaban J connectivity index is 2.74. The van der Waals surface area contributed by atoms with Gasteiger partial charge >= 0.3 is 6.18 Å². The highest BCUT2D eigenvalue weighted by Crippen LogP contribution is 2.18. The molecule has 3 nitrogen and oxygen atoms in total. The number of benzene rings is 1. The normalized spacial score (nSPS) is 12.3. The molecule has 0 atom stereocenters. The molecule has 0 unspecified atom stereocenters. The molecule has 0 fully saturated rings. The van der Waals surface area contributed by atoms with Gasteiger partial charge in [-0.25, -0.2) is 0 Å². The summed E-state index contributed by atoms with van der Waals surface area (Å²) >= 11 is 0. The van der Waals surface area contributed by atoms with Crippen LogP contribution in [0.2, 0.25) is 0 Å². The van der Waals surface area contributed by atoms with E-state index in [4.69, 9.17) is 0 Å². The van der Waals surface area contributed by atoms with E-state index in [2.05, 4.69) is 5.32 Å². The number of halogens is 3. The summed E-state index contributed by atoms with van der Waals surface area (Å²) in [5, 5.41) is 2.92. The fourth-order valence-electron chi connectivity index (χ4n) is 1.71. The van der Waals surface area contributed by atoms with Crippen LogP contribution >= 0.6 is 0 Å². The minimum atomic E-state index is -4.41. The molecule has 0 bridgehead atoms. The van der Waals surface area contributed by atoms with Crippen LogP contribution in [0.25, 0.3) is 0 Å². The number of nitrogens with one attached hydrogen (secondary N) is 1. The molecule has 0 saturated carbocycles. The van der Waals surface area contributed by atoms with E-state index in [9.17, 15) is 18.0 Å². The molecule has 21 heavy (non-hydrogen) atoms. The Morgan fingerprint density at radius 3 is 2.19 bits per heavy atom. The second kappa shape index (κ2) is 6.93. The molecule has 0 spiro atoms. The Hall–Kier alpha value is -1.56. The molecule has 1 rings (SSSR count). The summed E-state index contributed by atoms with van der Waals surface area (Å²) in [7, 11) is 0. The van der Waals surface area contributed by atoms with E-state index in [1.54, 1.807) is 30.3 Å². The quantitative estimate of drug-likeness (QED) is 0.907. The van der Waals surface area contributed by atoms with Crippen LogP contribution in [-0.2, 0) is 11.3 Å². The number of hydrogen-bond donors (Lipinski definition) is 1. The van der Waals surface area contributed by atoms with Gasteiger partial charge in [0.25, 0.3) is 0 Å². The first-order valence-electron chi connectivity index (χ1n) is 6.70. The average molecular weight is 302 g/mol. The van der Waals surface area contributed by atoms with Gasteiger partial charge in [-0.3, -0.25) is 4.79 Å². The average Bonchev–Trinajstić information content (AvgIpc) is 2.34. The maximum Gasteiger partial charge on any atom is 0.406 e. The fourth-order valence-corrected chi connectivity index (χ4v) is 1.71. The first kappa shape index (κ1) is 17.5. The molecule has 6 heteroatoms. The maximum absolute atomic E-state index is 12.6. The monoisotopic (exact) mass is 302 g/mol. The summed E-state index contributed by atoms with van der Waals surface area (Å²) in [5.41, 5.74) is 0.345. The van der Waals surface area contributed by atoms with E-state index < -0.39 is 18.6 Å². The Morgan fingerprint density at radius 1 is 1.14 bits per heavy atom. The van der Waals surface area contributed by atoms with Crippen LogP contribution in [0.4, 0.5) is 13.2 Å². The predicted octanol–water partition coefficient (Wildman–Crippen LogP) is 2.97. The lowest BCUT2D eigenvalue weighted by molar-refractivity contribution is -0.162. The van der Waals surface area contributed by atoms with E-state index in [-0.39, 0.29) is 18.6 Å². The van der Waals surface area contributed by atoms with Crippen molar-refractivity contribution in [3.8, 4) is 0 Å². The Morgan fingerprint density at radius 2 is 1.71 bits per heavy atom. The van der Waals surface area contributed by atoms with Crippen molar-refractivity contribution in [3.05, 3.63) is 35.9 Å². The van der Waals surface area contributed by atoms with E-state index >= 15 is 0 Å². The summed E-state index contributed by atoms with van der Waals surface area (Å²) in [4.78, 5) is 12.9. The third kappa shape index (κ3) is 7.70. The highest BCUT2D eigenvalue weighted by Gasteiger charge is 2.33. The standard InChI is InChI=1S/C15H21F3N2O/c1-14(2,3)19-9-13(21)20(11-15(16,17)18)10-12-7-5-4-6-8-12/h4-8,19H,9-11H2,1-3H3. The van der Waals surface area contributed by atoms with Gasteiger partial charge in [0.1, 0.15) is 6.54 Å². The molecule has 1 aromatic carbocycles. The lowest BCUT2D eigenvalue weighted by Gasteiger charge is -2.27. The topological polar surface area (TPSA) is 32.3 Å².